The molecular weight excluding hydrogens is 244 g/mol. The van der Waals surface area contributed by atoms with Gasteiger partial charge in [-0.05, 0) is 32.5 Å². The minimum Gasteiger partial charge on any atom is -0.311 e. The van der Waals surface area contributed by atoms with Gasteiger partial charge in [-0.25, -0.2) is 0 Å². The molecule has 0 aliphatic heterocycles. The average Bonchev–Trinajstić information content (AvgIpc) is 2.98. The predicted octanol–water partition coefficient (Wildman–Crippen LogP) is 2.18. The first kappa shape index (κ1) is 13.3. The van der Waals surface area contributed by atoms with Crippen LogP contribution in [0.1, 0.15) is 12.5 Å². The number of H-pyrrole nitrogens is 1. The van der Waals surface area contributed by atoms with E-state index in [1.165, 1.54) is 10.4 Å². The molecule has 0 radical (unpaired) electrons. The molecule has 5 heteroatoms. The maximum absolute atomic E-state index is 4.14. The SMILES string of the molecule is CC(CNCc1cn[nH]c1-c1cccs1)N(C)C. The van der Waals surface area contributed by atoms with Crippen molar-refractivity contribution in [2.75, 3.05) is 20.6 Å². The Bertz CT molecular complexity index is 461. The normalized spacial score (nSPS) is 13.1. The molecule has 0 saturated heterocycles. The van der Waals surface area contributed by atoms with Crippen LogP contribution in [0.3, 0.4) is 0 Å². The first-order valence-electron chi connectivity index (χ1n) is 6.11. The minimum atomic E-state index is 0.530. The Kier molecular flexibility index (Phi) is 4.52. The van der Waals surface area contributed by atoms with Crippen molar-refractivity contribution in [2.24, 2.45) is 0 Å². The second-order valence-corrected chi connectivity index (χ2v) is 5.64. The fourth-order valence-electron chi connectivity index (χ4n) is 1.68. The van der Waals surface area contributed by atoms with Crippen molar-refractivity contribution in [3.8, 4) is 10.6 Å². The van der Waals surface area contributed by atoms with Crippen LogP contribution in [0.5, 0.6) is 0 Å². The Labute approximate surface area is 112 Å². The van der Waals surface area contributed by atoms with Crippen molar-refractivity contribution < 1.29 is 0 Å². The van der Waals surface area contributed by atoms with Crippen molar-refractivity contribution in [1.29, 1.82) is 0 Å². The van der Waals surface area contributed by atoms with Gasteiger partial charge in [0, 0.05) is 24.7 Å². The van der Waals surface area contributed by atoms with E-state index in [4.69, 9.17) is 0 Å². The van der Waals surface area contributed by atoms with Crippen molar-refractivity contribution in [2.45, 2.75) is 19.5 Å². The smallest absolute Gasteiger partial charge is 0.0794 e. The summed E-state index contributed by atoms with van der Waals surface area (Å²) in [5.74, 6) is 0. The van der Waals surface area contributed by atoms with Gasteiger partial charge in [-0.2, -0.15) is 5.10 Å². The van der Waals surface area contributed by atoms with Crippen LogP contribution in [0.2, 0.25) is 0 Å². The largest absolute Gasteiger partial charge is 0.311 e. The Morgan fingerprint density at radius 2 is 2.33 bits per heavy atom. The number of likely N-dealkylation sites (N-methyl/N-ethyl adjacent to an activating group) is 1. The zero-order valence-electron chi connectivity index (χ0n) is 11.1. The van der Waals surface area contributed by atoms with Gasteiger partial charge in [0.1, 0.15) is 0 Å². The molecule has 18 heavy (non-hydrogen) atoms. The number of nitrogens with zero attached hydrogens (tertiary/aromatic N) is 2. The summed E-state index contributed by atoms with van der Waals surface area (Å²) >= 11 is 1.73. The third-order valence-corrected chi connectivity index (χ3v) is 4.01. The first-order valence-corrected chi connectivity index (χ1v) is 6.99. The Morgan fingerprint density at radius 1 is 1.50 bits per heavy atom. The molecule has 0 bridgehead atoms. The molecular formula is C13H20N4S. The molecule has 98 valence electrons. The second kappa shape index (κ2) is 6.13. The molecule has 0 aromatic carbocycles. The molecule has 2 rings (SSSR count). The predicted molar refractivity (Wildman–Crippen MR) is 76.8 cm³/mol. The lowest BCUT2D eigenvalue weighted by molar-refractivity contribution is 0.302. The summed E-state index contributed by atoms with van der Waals surface area (Å²) in [4.78, 5) is 3.45. The highest BCUT2D eigenvalue weighted by Gasteiger charge is 2.09. The van der Waals surface area contributed by atoms with Crippen molar-refractivity contribution in [3.63, 3.8) is 0 Å². The Morgan fingerprint density at radius 3 is 3.00 bits per heavy atom. The van der Waals surface area contributed by atoms with E-state index in [0.717, 1.165) is 18.8 Å². The summed E-state index contributed by atoms with van der Waals surface area (Å²) in [6, 6.07) is 4.71. The molecule has 0 aliphatic rings. The highest BCUT2D eigenvalue weighted by atomic mass is 32.1. The van der Waals surface area contributed by atoms with Crippen LogP contribution in [-0.2, 0) is 6.54 Å². The first-order chi connectivity index (χ1) is 8.68. The summed E-state index contributed by atoms with van der Waals surface area (Å²) in [7, 11) is 4.20. The van der Waals surface area contributed by atoms with E-state index < -0.39 is 0 Å². The highest BCUT2D eigenvalue weighted by Crippen LogP contribution is 2.25. The lowest BCUT2D eigenvalue weighted by atomic mass is 10.2. The lowest BCUT2D eigenvalue weighted by Gasteiger charge is -2.19. The highest BCUT2D eigenvalue weighted by molar-refractivity contribution is 7.13. The van der Waals surface area contributed by atoms with Crippen LogP contribution in [-0.4, -0.2) is 41.8 Å². The molecule has 2 aromatic rings. The van der Waals surface area contributed by atoms with Gasteiger partial charge in [-0.3, -0.25) is 5.10 Å². The van der Waals surface area contributed by atoms with Gasteiger partial charge in [0.2, 0.25) is 0 Å². The van der Waals surface area contributed by atoms with Crippen LogP contribution in [0.15, 0.2) is 23.7 Å². The summed E-state index contributed by atoms with van der Waals surface area (Å²) < 4.78 is 0. The van der Waals surface area contributed by atoms with E-state index in [-0.39, 0.29) is 0 Å². The van der Waals surface area contributed by atoms with Gasteiger partial charge in [-0.1, -0.05) is 6.07 Å². The van der Waals surface area contributed by atoms with Crippen LogP contribution < -0.4 is 5.32 Å². The molecule has 0 saturated carbocycles. The number of thiophene rings is 1. The Hall–Kier alpha value is -1.17. The monoisotopic (exact) mass is 264 g/mol. The summed E-state index contributed by atoms with van der Waals surface area (Å²) in [6.45, 7) is 4.03. The number of hydrogen-bond donors (Lipinski definition) is 2. The maximum Gasteiger partial charge on any atom is 0.0794 e. The molecule has 1 unspecified atom stereocenters. The maximum atomic E-state index is 4.14. The standard InChI is InChI=1S/C13H20N4S/c1-10(17(2)3)7-14-8-11-9-15-16-13(11)12-5-4-6-18-12/h4-6,9-10,14H,7-8H2,1-3H3,(H,15,16). The molecule has 2 heterocycles. The van der Waals surface area contributed by atoms with Crippen LogP contribution in [0, 0.1) is 0 Å². The van der Waals surface area contributed by atoms with Crippen LogP contribution in [0.4, 0.5) is 0 Å². The van der Waals surface area contributed by atoms with Gasteiger partial charge in [0.15, 0.2) is 0 Å². The molecule has 0 amide bonds. The van der Waals surface area contributed by atoms with E-state index in [0.29, 0.717) is 6.04 Å². The fourth-order valence-corrected chi connectivity index (χ4v) is 2.43. The topological polar surface area (TPSA) is 44.0 Å². The molecule has 2 aromatic heterocycles. The number of aromatic nitrogens is 2. The molecule has 4 nitrogen and oxygen atoms in total. The van der Waals surface area contributed by atoms with Crippen LogP contribution >= 0.6 is 11.3 Å². The Balaban J connectivity index is 1.93. The van der Waals surface area contributed by atoms with Crippen LogP contribution in [0.25, 0.3) is 10.6 Å². The number of nitrogens with one attached hydrogen (secondary N) is 2. The zero-order chi connectivity index (χ0) is 13.0. The van der Waals surface area contributed by atoms with Crippen molar-refractivity contribution >= 4 is 11.3 Å². The van der Waals surface area contributed by atoms with Crippen molar-refractivity contribution in [1.82, 2.24) is 20.4 Å². The minimum absolute atomic E-state index is 0.530. The third-order valence-electron chi connectivity index (χ3n) is 3.12. The molecule has 0 aliphatic carbocycles. The van der Waals surface area contributed by atoms with Gasteiger partial charge < -0.3 is 10.2 Å². The van der Waals surface area contributed by atoms with E-state index in [1.807, 2.05) is 6.20 Å². The quantitative estimate of drug-likeness (QED) is 0.840. The zero-order valence-corrected chi connectivity index (χ0v) is 11.9. The average molecular weight is 264 g/mol. The number of aromatic amines is 1. The molecule has 0 spiro atoms. The molecule has 0 fully saturated rings. The molecule has 1 atom stereocenters. The van der Waals surface area contributed by atoms with E-state index in [9.17, 15) is 0 Å². The van der Waals surface area contributed by atoms with E-state index in [1.54, 1.807) is 11.3 Å². The lowest BCUT2D eigenvalue weighted by Crippen LogP contribution is -2.35. The fraction of sp³-hybridized carbons (Fsp3) is 0.462. The van der Waals surface area contributed by atoms with E-state index >= 15 is 0 Å². The summed E-state index contributed by atoms with van der Waals surface area (Å²) in [5, 5.41) is 12.8. The van der Waals surface area contributed by atoms with E-state index in [2.05, 4.69) is 58.9 Å². The summed E-state index contributed by atoms with van der Waals surface area (Å²) in [6.07, 6.45) is 1.91. The van der Waals surface area contributed by atoms with Gasteiger partial charge in [0.25, 0.3) is 0 Å². The third kappa shape index (κ3) is 3.19. The van der Waals surface area contributed by atoms with Gasteiger partial charge >= 0.3 is 0 Å². The van der Waals surface area contributed by atoms with Gasteiger partial charge in [-0.15, -0.1) is 11.3 Å². The molecule has 2 N–H and O–H groups in total. The van der Waals surface area contributed by atoms with Crippen molar-refractivity contribution in [3.05, 3.63) is 29.3 Å². The second-order valence-electron chi connectivity index (χ2n) is 4.69. The summed E-state index contributed by atoms with van der Waals surface area (Å²) in [5.41, 5.74) is 2.36. The number of hydrogen-bond acceptors (Lipinski definition) is 4. The van der Waals surface area contributed by atoms with Gasteiger partial charge in [0.05, 0.1) is 16.8 Å². The number of rotatable bonds is 6.